The number of esters is 1. The van der Waals surface area contributed by atoms with Crippen molar-refractivity contribution in [2.24, 2.45) is 0 Å². The fourth-order valence-electron chi connectivity index (χ4n) is 1.68. The molecule has 0 aliphatic rings. The summed E-state index contributed by atoms with van der Waals surface area (Å²) in [5, 5.41) is 17.9. The van der Waals surface area contributed by atoms with Crippen LogP contribution in [-0.4, -0.2) is 41.8 Å². The minimum absolute atomic E-state index is 0.0188. The van der Waals surface area contributed by atoms with E-state index in [1.54, 1.807) is 12.3 Å². The van der Waals surface area contributed by atoms with Crippen LogP contribution in [0.1, 0.15) is 53.9 Å². The number of carbonyl (C=O) groups excluding carboxylic acids is 1. The number of likely N-dealkylation sites (N-methyl/N-ethyl adjacent to an activating group) is 1. The predicted octanol–water partition coefficient (Wildman–Crippen LogP) is 3.41. The Bertz CT molecular complexity index is 398. The first-order chi connectivity index (χ1) is 11.1. The summed E-state index contributed by atoms with van der Waals surface area (Å²) in [5.74, 6) is -0.587. The largest absolute Gasteiger partial charge is 0.459 e. The van der Waals surface area contributed by atoms with Crippen molar-refractivity contribution in [1.29, 1.82) is 5.26 Å². The van der Waals surface area contributed by atoms with E-state index in [0.717, 1.165) is 25.8 Å². The van der Waals surface area contributed by atoms with Crippen molar-refractivity contribution in [1.82, 2.24) is 4.90 Å². The fourth-order valence-corrected chi connectivity index (χ4v) is 1.68. The molecule has 5 nitrogen and oxygen atoms in total. The summed E-state index contributed by atoms with van der Waals surface area (Å²) in [7, 11) is 0. The van der Waals surface area contributed by atoms with Gasteiger partial charge in [-0.3, -0.25) is 0 Å². The number of hydrogen-bond donors (Lipinski definition) is 1. The van der Waals surface area contributed by atoms with Crippen LogP contribution >= 0.6 is 0 Å². The molecule has 0 radical (unpaired) electrons. The maximum atomic E-state index is 11.8. The van der Waals surface area contributed by atoms with Gasteiger partial charge in [-0.25, -0.2) is 4.79 Å². The minimum Gasteiger partial charge on any atom is -0.459 e. The highest BCUT2D eigenvalue weighted by molar-refractivity contribution is 5.93. The van der Waals surface area contributed by atoms with Gasteiger partial charge in [-0.05, 0) is 38.6 Å². The van der Waals surface area contributed by atoms with E-state index >= 15 is 0 Å². The second-order valence-corrected chi connectivity index (χ2v) is 4.74. The molecule has 132 valence electrons. The van der Waals surface area contributed by atoms with E-state index in [1.807, 2.05) is 38.7 Å². The summed E-state index contributed by atoms with van der Waals surface area (Å²) in [6.07, 6.45) is 7.46. The van der Waals surface area contributed by atoms with Crippen LogP contribution in [-0.2, 0) is 9.53 Å². The molecule has 0 aromatic rings. The third kappa shape index (κ3) is 12.4. The summed E-state index contributed by atoms with van der Waals surface area (Å²) in [6, 6.07) is 1.85. The molecule has 0 spiro atoms. The predicted molar refractivity (Wildman–Crippen MR) is 93.6 cm³/mol. The topological polar surface area (TPSA) is 73.6 Å². The van der Waals surface area contributed by atoms with Crippen molar-refractivity contribution in [3.8, 4) is 6.07 Å². The average molecular weight is 324 g/mol. The Morgan fingerprint density at radius 1 is 1.39 bits per heavy atom. The zero-order valence-electron chi connectivity index (χ0n) is 15.2. The molecule has 0 saturated heterocycles. The fraction of sp³-hybridized carbons (Fsp3) is 0.667. The standard InChI is InChI=1S/C16H26N2O3.C2H6/c1-4-6-8-14(3)21-16(20)15(13-17)9-7-10-18(5-2)11-12-19;1-2/h7,9-10,14,19H,4-6,8,11-12H2,1-3H3;1-2H3/b10-7+,15-9+;. The molecule has 1 N–H and O–H groups in total. The van der Waals surface area contributed by atoms with E-state index in [9.17, 15) is 4.79 Å². The molecule has 23 heavy (non-hydrogen) atoms. The van der Waals surface area contributed by atoms with Gasteiger partial charge >= 0.3 is 5.97 Å². The van der Waals surface area contributed by atoms with Crippen LogP contribution in [0.3, 0.4) is 0 Å². The molecule has 0 aromatic heterocycles. The van der Waals surface area contributed by atoms with Gasteiger partial charge in [0.15, 0.2) is 0 Å². The highest BCUT2D eigenvalue weighted by Crippen LogP contribution is 2.07. The Kier molecular flexibility index (Phi) is 16.9. The number of nitrogens with zero attached hydrogens (tertiary/aromatic N) is 2. The van der Waals surface area contributed by atoms with Gasteiger partial charge in [-0.2, -0.15) is 5.26 Å². The molecule has 0 saturated carbocycles. The Morgan fingerprint density at radius 2 is 2.04 bits per heavy atom. The van der Waals surface area contributed by atoms with Gasteiger partial charge < -0.3 is 14.7 Å². The van der Waals surface area contributed by atoms with Crippen LogP contribution < -0.4 is 0 Å². The Hall–Kier alpha value is -1.80. The molecule has 0 rings (SSSR count). The zero-order valence-corrected chi connectivity index (χ0v) is 15.2. The van der Waals surface area contributed by atoms with Crippen molar-refractivity contribution in [2.45, 2.75) is 60.0 Å². The van der Waals surface area contributed by atoms with Gasteiger partial charge in [0, 0.05) is 13.1 Å². The molecule has 0 bridgehead atoms. The molecule has 0 heterocycles. The number of aliphatic hydroxyl groups is 1. The van der Waals surface area contributed by atoms with Crippen molar-refractivity contribution in [3.05, 3.63) is 23.9 Å². The van der Waals surface area contributed by atoms with Crippen molar-refractivity contribution >= 4 is 5.97 Å². The van der Waals surface area contributed by atoms with Crippen LogP contribution in [0.25, 0.3) is 0 Å². The number of hydrogen-bond acceptors (Lipinski definition) is 5. The van der Waals surface area contributed by atoms with Gasteiger partial charge in [0.2, 0.25) is 0 Å². The van der Waals surface area contributed by atoms with Crippen LogP contribution in [0.2, 0.25) is 0 Å². The normalized spacial score (nSPS) is 12.1. The number of aliphatic hydroxyl groups excluding tert-OH is 1. The smallest absolute Gasteiger partial charge is 0.349 e. The van der Waals surface area contributed by atoms with E-state index in [2.05, 4.69) is 6.92 Å². The van der Waals surface area contributed by atoms with E-state index in [1.165, 1.54) is 6.08 Å². The number of ether oxygens (including phenoxy) is 1. The third-order valence-electron chi connectivity index (χ3n) is 2.97. The van der Waals surface area contributed by atoms with Crippen LogP contribution in [0.15, 0.2) is 23.9 Å². The van der Waals surface area contributed by atoms with E-state index in [-0.39, 0.29) is 18.3 Å². The molecule has 0 aliphatic carbocycles. The summed E-state index contributed by atoms with van der Waals surface area (Å²) >= 11 is 0. The average Bonchev–Trinajstić information content (AvgIpc) is 2.57. The van der Waals surface area contributed by atoms with Gasteiger partial charge in [0.05, 0.1) is 12.7 Å². The first kappa shape index (κ1) is 23.5. The van der Waals surface area contributed by atoms with Crippen LogP contribution in [0.5, 0.6) is 0 Å². The zero-order chi connectivity index (χ0) is 18.1. The molecule has 0 fully saturated rings. The monoisotopic (exact) mass is 324 g/mol. The van der Waals surface area contributed by atoms with E-state index in [0.29, 0.717) is 6.54 Å². The quantitative estimate of drug-likeness (QED) is 0.288. The van der Waals surface area contributed by atoms with Gasteiger partial charge in [-0.15, -0.1) is 0 Å². The number of allylic oxidation sites excluding steroid dienone is 2. The lowest BCUT2D eigenvalue weighted by Crippen LogP contribution is -2.20. The van der Waals surface area contributed by atoms with Gasteiger partial charge in [0.1, 0.15) is 11.6 Å². The first-order valence-corrected chi connectivity index (χ1v) is 8.43. The van der Waals surface area contributed by atoms with Gasteiger partial charge in [0.25, 0.3) is 0 Å². The Labute approximate surface area is 141 Å². The SMILES string of the molecule is CC.CCCCC(C)OC(=O)/C(C#N)=C/C=C/N(CC)CCO. The number of unbranched alkanes of at least 4 members (excludes halogenated alkanes) is 1. The van der Waals surface area contributed by atoms with Gasteiger partial charge in [-0.1, -0.05) is 33.6 Å². The molecule has 5 heteroatoms. The highest BCUT2D eigenvalue weighted by Gasteiger charge is 2.13. The van der Waals surface area contributed by atoms with Crippen LogP contribution in [0, 0.1) is 11.3 Å². The molecular weight excluding hydrogens is 292 g/mol. The molecule has 0 aliphatic heterocycles. The Morgan fingerprint density at radius 3 is 2.52 bits per heavy atom. The maximum Gasteiger partial charge on any atom is 0.349 e. The summed E-state index contributed by atoms with van der Waals surface area (Å²) in [5.41, 5.74) is -0.0188. The second kappa shape index (κ2) is 16.6. The number of nitriles is 1. The summed E-state index contributed by atoms with van der Waals surface area (Å²) in [4.78, 5) is 13.7. The lowest BCUT2D eigenvalue weighted by atomic mass is 10.2. The van der Waals surface area contributed by atoms with Crippen molar-refractivity contribution in [3.63, 3.8) is 0 Å². The highest BCUT2D eigenvalue weighted by atomic mass is 16.5. The third-order valence-corrected chi connectivity index (χ3v) is 2.97. The van der Waals surface area contributed by atoms with E-state index < -0.39 is 5.97 Å². The molecular formula is C18H32N2O3. The molecule has 0 aromatic carbocycles. The molecule has 1 unspecified atom stereocenters. The summed E-state index contributed by atoms with van der Waals surface area (Å²) < 4.78 is 5.22. The van der Waals surface area contributed by atoms with Crippen molar-refractivity contribution < 1.29 is 14.6 Å². The summed E-state index contributed by atoms with van der Waals surface area (Å²) in [6.45, 7) is 11.2. The lowest BCUT2D eigenvalue weighted by Gasteiger charge is -2.15. The number of rotatable bonds is 10. The first-order valence-electron chi connectivity index (χ1n) is 8.43. The molecule has 1 atom stereocenters. The second-order valence-electron chi connectivity index (χ2n) is 4.74. The maximum absolute atomic E-state index is 11.8. The lowest BCUT2D eigenvalue weighted by molar-refractivity contribution is -0.143. The minimum atomic E-state index is -0.587. The number of carbonyl (C=O) groups is 1. The van der Waals surface area contributed by atoms with Crippen LogP contribution in [0.4, 0.5) is 0 Å². The van der Waals surface area contributed by atoms with E-state index in [4.69, 9.17) is 15.1 Å². The van der Waals surface area contributed by atoms with Crippen molar-refractivity contribution in [2.75, 3.05) is 19.7 Å². The molecule has 0 amide bonds. The Balaban J connectivity index is 0.